The quantitative estimate of drug-likeness (QED) is 0.465. The van der Waals surface area contributed by atoms with Crippen molar-refractivity contribution in [2.45, 2.75) is 44.8 Å². The van der Waals surface area contributed by atoms with E-state index in [1.165, 1.54) is 4.90 Å². The standard InChI is InChI=1S/C18H23N5O2.HI/c1-11-9-19-16(21-11)20-10-12-4-3-5-14(8-12)23-15(24)18(2,13-6-7-13)22-17(23)25;/h3-5,8,11,13H,6-7,9-10H2,1-2H3,(H,22,25)(H2,19,20,21);1H. The van der Waals surface area contributed by atoms with Crippen molar-refractivity contribution in [3.8, 4) is 0 Å². The highest BCUT2D eigenvalue weighted by Gasteiger charge is 2.56. The van der Waals surface area contributed by atoms with Crippen molar-refractivity contribution in [1.29, 1.82) is 0 Å². The number of benzene rings is 1. The van der Waals surface area contributed by atoms with Gasteiger partial charge < -0.3 is 16.0 Å². The number of rotatable bonds is 4. The van der Waals surface area contributed by atoms with Gasteiger partial charge in [-0.15, -0.1) is 24.0 Å². The van der Waals surface area contributed by atoms with Crippen molar-refractivity contribution in [2.75, 3.05) is 11.4 Å². The van der Waals surface area contributed by atoms with Crippen LogP contribution in [0.2, 0.25) is 0 Å². The average Bonchev–Trinajstić information content (AvgIpc) is 3.32. The molecule has 2 fully saturated rings. The van der Waals surface area contributed by atoms with Crippen LogP contribution >= 0.6 is 24.0 Å². The van der Waals surface area contributed by atoms with Crippen LogP contribution in [0.15, 0.2) is 29.3 Å². The lowest BCUT2D eigenvalue weighted by Crippen LogP contribution is -2.46. The molecule has 4 rings (SSSR count). The second-order valence-corrected chi connectivity index (χ2v) is 7.31. The van der Waals surface area contributed by atoms with Crippen LogP contribution in [0.25, 0.3) is 0 Å². The van der Waals surface area contributed by atoms with Crippen molar-refractivity contribution in [3.05, 3.63) is 29.8 Å². The molecule has 1 aromatic carbocycles. The molecule has 0 aromatic heterocycles. The molecule has 2 aliphatic heterocycles. The van der Waals surface area contributed by atoms with E-state index in [0.717, 1.165) is 30.9 Å². The second kappa shape index (κ2) is 7.05. The molecule has 7 nitrogen and oxygen atoms in total. The van der Waals surface area contributed by atoms with Gasteiger partial charge in [-0.3, -0.25) is 9.79 Å². The highest BCUT2D eigenvalue weighted by molar-refractivity contribution is 14.0. The number of halogens is 1. The molecule has 3 aliphatic rings. The minimum Gasteiger partial charge on any atom is -0.352 e. The number of hydrogen-bond acceptors (Lipinski definition) is 5. The Balaban J connectivity index is 0.00000196. The first-order chi connectivity index (χ1) is 12.0. The Kier molecular flexibility index (Phi) is 5.14. The van der Waals surface area contributed by atoms with Gasteiger partial charge in [-0.1, -0.05) is 12.1 Å². The SMILES string of the molecule is CC1CN=C(NCc2cccc(N3C(=O)NC(C)(C4CC4)C3=O)c2)N1.I. The van der Waals surface area contributed by atoms with E-state index in [-0.39, 0.29) is 41.8 Å². The number of imide groups is 1. The molecule has 0 bridgehead atoms. The van der Waals surface area contributed by atoms with Crippen molar-refractivity contribution in [3.63, 3.8) is 0 Å². The number of carbonyl (C=O) groups excluding carboxylic acids is 2. The van der Waals surface area contributed by atoms with Crippen LogP contribution in [0.5, 0.6) is 0 Å². The predicted molar refractivity (Wildman–Crippen MR) is 111 cm³/mol. The molecule has 1 saturated heterocycles. The van der Waals surface area contributed by atoms with Gasteiger partial charge in [0.2, 0.25) is 0 Å². The lowest BCUT2D eigenvalue weighted by Gasteiger charge is -2.21. The van der Waals surface area contributed by atoms with Gasteiger partial charge in [-0.05, 0) is 50.3 Å². The first-order valence-electron chi connectivity index (χ1n) is 8.78. The normalized spacial score (nSPS) is 27.5. The first kappa shape index (κ1) is 18.9. The molecule has 2 atom stereocenters. The third kappa shape index (κ3) is 3.38. The van der Waals surface area contributed by atoms with Gasteiger partial charge in [0.15, 0.2) is 5.96 Å². The largest absolute Gasteiger partial charge is 0.352 e. The van der Waals surface area contributed by atoms with Crippen LogP contribution < -0.4 is 20.9 Å². The third-order valence-corrected chi connectivity index (χ3v) is 5.15. The molecule has 2 heterocycles. The molecular formula is C18H24IN5O2. The number of carbonyl (C=O) groups is 2. The van der Waals surface area contributed by atoms with Gasteiger partial charge in [0, 0.05) is 12.6 Å². The number of guanidine groups is 1. The highest BCUT2D eigenvalue weighted by atomic mass is 127. The smallest absolute Gasteiger partial charge is 0.329 e. The molecule has 2 unspecified atom stereocenters. The summed E-state index contributed by atoms with van der Waals surface area (Å²) in [5.74, 6) is 0.891. The predicted octanol–water partition coefficient (Wildman–Crippen LogP) is 1.97. The zero-order valence-electron chi connectivity index (χ0n) is 14.9. The minimum absolute atomic E-state index is 0. The molecule has 26 heavy (non-hydrogen) atoms. The molecule has 140 valence electrons. The van der Waals surface area contributed by atoms with Crippen molar-refractivity contribution in [2.24, 2.45) is 10.9 Å². The summed E-state index contributed by atoms with van der Waals surface area (Å²) in [6, 6.07) is 7.52. The Bertz CT molecular complexity index is 764. The monoisotopic (exact) mass is 469 g/mol. The maximum absolute atomic E-state index is 12.8. The van der Waals surface area contributed by atoms with E-state index >= 15 is 0 Å². The Morgan fingerprint density at radius 2 is 2.12 bits per heavy atom. The van der Waals surface area contributed by atoms with E-state index in [0.29, 0.717) is 18.3 Å². The summed E-state index contributed by atoms with van der Waals surface area (Å²) in [4.78, 5) is 30.9. The topological polar surface area (TPSA) is 85.8 Å². The summed E-state index contributed by atoms with van der Waals surface area (Å²) in [7, 11) is 0. The molecular weight excluding hydrogens is 445 g/mol. The first-order valence-corrected chi connectivity index (χ1v) is 8.78. The van der Waals surface area contributed by atoms with E-state index < -0.39 is 5.54 Å². The fourth-order valence-corrected chi connectivity index (χ4v) is 3.48. The molecule has 1 saturated carbocycles. The lowest BCUT2D eigenvalue weighted by molar-refractivity contribution is -0.122. The summed E-state index contributed by atoms with van der Waals surface area (Å²) >= 11 is 0. The van der Waals surface area contributed by atoms with Crippen LogP contribution in [-0.4, -0.2) is 36.0 Å². The molecule has 0 spiro atoms. The summed E-state index contributed by atoms with van der Waals surface area (Å²) in [5.41, 5.74) is 0.840. The van der Waals surface area contributed by atoms with Crippen LogP contribution in [0, 0.1) is 5.92 Å². The minimum atomic E-state index is -0.760. The van der Waals surface area contributed by atoms with E-state index in [2.05, 4.69) is 27.9 Å². The van der Waals surface area contributed by atoms with Crippen LogP contribution in [0.3, 0.4) is 0 Å². The van der Waals surface area contributed by atoms with Gasteiger partial charge >= 0.3 is 6.03 Å². The number of anilines is 1. The summed E-state index contributed by atoms with van der Waals surface area (Å²) in [6.07, 6.45) is 1.99. The average molecular weight is 469 g/mol. The molecule has 8 heteroatoms. The summed E-state index contributed by atoms with van der Waals surface area (Å²) < 4.78 is 0. The Morgan fingerprint density at radius 3 is 2.77 bits per heavy atom. The second-order valence-electron chi connectivity index (χ2n) is 7.31. The fourth-order valence-electron chi connectivity index (χ4n) is 3.48. The zero-order chi connectivity index (χ0) is 17.6. The number of urea groups is 1. The van der Waals surface area contributed by atoms with Gasteiger partial charge in [0.1, 0.15) is 5.54 Å². The molecule has 1 aliphatic carbocycles. The number of nitrogens with one attached hydrogen (secondary N) is 3. The third-order valence-electron chi connectivity index (χ3n) is 5.15. The van der Waals surface area contributed by atoms with E-state index in [1.54, 1.807) is 6.07 Å². The summed E-state index contributed by atoms with van der Waals surface area (Å²) in [6.45, 7) is 5.26. The van der Waals surface area contributed by atoms with Gasteiger partial charge in [-0.25, -0.2) is 9.69 Å². The van der Waals surface area contributed by atoms with Crippen LogP contribution in [-0.2, 0) is 11.3 Å². The van der Waals surface area contributed by atoms with E-state index in [1.807, 2.05) is 25.1 Å². The zero-order valence-corrected chi connectivity index (χ0v) is 17.2. The molecule has 3 N–H and O–H groups in total. The van der Waals surface area contributed by atoms with Crippen molar-refractivity contribution < 1.29 is 9.59 Å². The van der Waals surface area contributed by atoms with Gasteiger partial charge in [-0.2, -0.15) is 0 Å². The Morgan fingerprint density at radius 1 is 1.35 bits per heavy atom. The number of nitrogens with zero attached hydrogens (tertiary/aromatic N) is 2. The number of aliphatic imine (C=N–C) groups is 1. The fraction of sp³-hybridized carbons (Fsp3) is 0.500. The van der Waals surface area contributed by atoms with Crippen LogP contribution in [0.1, 0.15) is 32.3 Å². The van der Waals surface area contributed by atoms with Gasteiger partial charge in [0.25, 0.3) is 5.91 Å². The highest BCUT2D eigenvalue weighted by Crippen LogP contribution is 2.43. The Labute approximate surface area is 170 Å². The Hall–Kier alpha value is -1.84. The lowest BCUT2D eigenvalue weighted by atomic mass is 9.96. The maximum atomic E-state index is 12.8. The van der Waals surface area contributed by atoms with E-state index in [9.17, 15) is 9.59 Å². The van der Waals surface area contributed by atoms with Crippen LogP contribution in [0.4, 0.5) is 10.5 Å². The van der Waals surface area contributed by atoms with E-state index in [4.69, 9.17) is 0 Å². The van der Waals surface area contributed by atoms with Gasteiger partial charge in [0.05, 0.1) is 12.2 Å². The molecule has 3 amide bonds. The molecule has 0 radical (unpaired) electrons. The number of hydrogen-bond donors (Lipinski definition) is 3. The summed E-state index contributed by atoms with van der Waals surface area (Å²) in [5, 5.41) is 9.38. The maximum Gasteiger partial charge on any atom is 0.329 e. The van der Waals surface area contributed by atoms with Crippen molar-refractivity contribution >= 4 is 47.6 Å². The molecule has 1 aromatic rings. The number of amides is 3. The van der Waals surface area contributed by atoms with Crippen molar-refractivity contribution in [1.82, 2.24) is 16.0 Å².